The highest BCUT2D eigenvalue weighted by Gasteiger charge is 2.25. The molecule has 19 heavy (non-hydrogen) atoms. The maximum absolute atomic E-state index is 12.3. The average Bonchev–Trinajstić information content (AvgIpc) is 2.41. The van der Waals surface area contributed by atoms with Crippen LogP contribution in [0.1, 0.15) is 36.0 Å². The molecule has 0 saturated heterocycles. The van der Waals surface area contributed by atoms with Crippen molar-refractivity contribution in [2.75, 3.05) is 7.11 Å². The molecule has 0 aromatic heterocycles. The van der Waals surface area contributed by atoms with Gasteiger partial charge in [0.25, 0.3) is 5.91 Å². The summed E-state index contributed by atoms with van der Waals surface area (Å²) in [4.78, 5) is 12.6. The highest BCUT2D eigenvalue weighted by molar-refractivity contribution is 9.09. The lowest BCUT2D eigenvalue weighted by atomic mass is 9.95. The molecular weight excluding hydrogens is 330 g/mol. The number of rotatable bonds is 3. The molecule has 2 rings (SSSR count). The summed E-state index contributed by atoms with van der Waals surface area (Å²) in [7, 11) is 1.54. The van der Waals surface area contributed by atoms with Gasteiger partial charge in [0.2, 0.25) is 0 Å². The van der Waals surface area contributed by atoms with E-state index in [2.05, 4.69) is 21.2 Å². The maximum Gasteiger partial charge on any atom is 0.255 e. The SMILES string of the molecule is COc1cc(Cl)ccc1C(=O)NC1CCCCC1Br. The van der Waals surface area contributed by atoms with E-state index in [1.54, 1.807) is 18.2 Å². The Morgan fingerprint density at radius 1 is 1.42 bits per heavy atom. The molecule has 1 amide bonds. The zero-order chi connectivity index (χ0) is 13.8. The van der Waals surface area contributed by atoms with Crippen LogP contribution < -0.4 is 10.1 Å². The fourth-order valence-electron chi connectivity index (χ4n) is 2.35. The Hall–Kier alpha value is -0.740. The molecule has 1 aromatic rings. The first kappa shape index (κ1) is 14.7. The van der Waals surface area contributed by atoms with Crippen LogP contribution in [0.15, 0.2) is 18.2 Å². The molecule has 0 aliphatic heterocycles. The fraction of sp³-hybridized carbons (Fsp3) is 0.500. The molecule has 1 aliphatic rings. The van der Waals surface area contributed by atoms with Crippen LogP contribution in [0.2, 0.25) is 5.02 Å². The summed E-state index contributed by atoms with van der Waals surface area (Å²) in [6, 6.07) is 5.23. The van der Waals surface area contributed by atoms with Gasteiger partial charge in [-0.1, -0.05) is 40.4 Å². The molecule has 0 heterocycles. The van der Waals surface area contributed by atoms with Gasteiger partial charge in [0.05, 0.1) is 12.7 Å². The van der Waals surface area contributed by atoms with E-state index >= 15 is 0 Å². The first-order valence-corrected chi connectivity index (χ1v) is 7.69. The summed E-state index contributed by atoms with van der Waals surface area (Å²) in [5.41, 5.74) is 0.525. The Bertz CT molecular complexity index is 467. The molecule has 0 bridgehead atoms. The van der Waals surface area contributed by atoms with Crippen molar-refractivity contribution in [3.05, 3.63) is 28.8 Å². The largest absolute Gasteiger partial charge is 0.496 e. The normalized spacial score (nSPS) is 22.9. The molecule has 0 spiro atoms. The molecule has 1 saturated carbocycles. The van der Waals surface area contributed by atoms with Crippen LogP contribution in [-0.2, 0) is 0 Å². The molecule has 5 heteroatoms. The van der Waals surface area contributed by atoms with Crippen molar-refractivity contribution in [2.45, 2.75) is 36.6 Å². The van der Waals surface area contributed by atoms with Crippen molar-refractivity contribution in [1.82, 2.24) is 5.32 Å². The van der Waals surface area contributed by atoms with Gasteiger partial charge >= 0.3 is 0 Å². The van der Waals surface area contributed by atoms with Gasteiger partial charge in [0.15, 0.2) is 0 Å². The topological polar surface area (TPSA) is 38.3 Å². The molecule has 1 fully saturated rings. The zero-order valence-electron chi connectivity index (χ0n) is 10.8. The predicted molar refractivity (Wildman–Crippen MR) is 80.4 cm³/mol. The number of hydrogen-bond acceptors (Lipinski definition) is 2. The molecule has 2 atom stereocenters. The molecular formula is C14H17BrClNO2. The van der Waals surface area contributed by atoms with Gasteiger partial charge < -0.3 is 10.1 Å². The molecule has 0 radical (unpaired) electrons. The van der Waals surface area contributed by atoms with Crippen LogP contribution >= 0.6 is 27.5 Å². The number of carbonyl (C=O) groups is 1. The molecule has 2 unspecified atom stereocenters. The van der Waals surface area contributed by atoms with Crippen molar-refractivity contribution >= 4 is 33.4 Å². The first-order chi connectivity index (χ1) is 9.11. The van der Waals surface area contributed by atoms with Crippen molar-refractivity contribution in [2.24, 2.45) is 0 Å². The Morgan fingerprint density at radius 3 is 2.84 bits per heavy atom. The quantitative estimate of drug-likeness (QED) is 0.846. The molecule has 1 aliphatic carbocycles. The van der Waals surface area contributed by atoms with Gasteiger partial charge in [0, 0.05) is 15.9 Å². The van der Waals surface area contributed by atoms with Crippen molar-refractivity contribution < 1.29 is 9.53 Å². The summed E-state index contributed by atoms with van der Waals surface area (Å²) in [6.07, 6.45) is 4.48. The lowest BCUT2D eigenvalue weighted by molar-refractivity contribution is 0.0927. The molecule has 1 N–H and O–H groups in total. The molecule has 3 nitrogen and oxygen atoms in total. The molecule has 104 valence electrons. The van der Waals surface area contributed by atoms with E-state index in [9.17, 15) is 4.79 Å². The van der Waals surface area contributed by atoms with Gasteiger partial charge in [0.1, 0.15) is 5.75 Å². The summed E-state index contributed by atoms with van der Waals surface area (Å²) in [5, 5.41) is 3.63. The Morgan fingerprint density at radius 2 is 2.16 bits per heavy atom. The second-order valence-electron chi connectivity index (χ2n) is 4.73. The predicted octanol–water partition coefficient (Wildman–Crippen LogP) is 3.78. The van der Waals surface area contributed by atoms with Gasteiger partial charge in [-0.3, -0.25) is 4.79 Å². The van der Waals surface area contributed by atoms with Gasteiger partial charge in [-0.25, -0.2) is 0 Å². The van der Waals surface area contributed by atoms with E-state index < -0.39 is 0 Å². The number of carbonyl (C=O) groups excluding carboxylic acids is 1. The second-order valence-corrected chi connectivity index (χ2v) is 6.34. The first-order valence-electron chi connectivity index (χ1n) is 6.40. The third-order valence-corrected chi connectivity index (χ3v) is 4.74. The average molecular weight is 347 g/mol. The maximum atomic E-state index is 12.3. The number of nitrogens with one attached hydrogen (secondary N) is 1. The number of amides is 1. The van der Waals surface area contributed by atoms with Crippen LogP contribution in [-0.4, -0.2) is 23.9 Å². The van der Waals surface area contributed by atoms with Crippen molar-refractivity contribution in [3.63, 3.8) is 0 Å². The molecule has 1 aromatic carbocycles. The van der Waals surface area contributed by atoms with E-state index in [-0.39, 0.29) is 11.9 Å². The number of methoxy groups -OCH3 is 1. The van der Waals surface area contributed by atoms with E-state index in [4.69, 9.17) is 16.3 Å². The number of benzene rings is 1. The van der Waals surface area contributed by atoms with Crippen molar-refractivity contribution in [3.8, 4) is 5.75 Å². The minimum Gasteiger partial charge on any atom is -0.496 e. The number of alkyl halides is 1. The number of ether oxygens (including phenoxy) is 1. The standard InChI is InChI=1S/C14H17BrClNO2/c1-19-13-8-9(16)6-7-10(13)14(18)17-12-5-3-2-4-11(12)15/h6-8,11-12H,2-5H2,1H3,(H,17,18). The smallest absolute Gasteiger partial charge is 0.255 e. The minimum absolute atomic E-state index is 0.107. The highest BCUT2D eigenvalue weighted by Crippen LogP contribution is 2.27. The zero-order valence-corrected chi connectivity index (χ0v) is 13.1. The minimum atomic E-state index is -0.107. The van der Waals surface area contributed by atoms with E-state index in [1.807, 2.05) is 0 Å². The van der Waals surface area contributed by atoms with Crippen LogP contribution in [0, 0.1) is 0 Å². The Balaban J connectivity index is 2.11. The van der Waals surface area contributed by atoms with E-state index in [0.717, 1.165) is 19.3 Å². The summed E-state index contributed by atoms with van der Waals surface area (Å²) < 4.78 is 5.21. The monoisotopic (exact) mass is 345 g/mol. The van der Waals surface area contributed by atoms with Crippen LogP contribution in [0.25, 0.3) is 0 Å². The van der Waals surface area contributed by atoms with E-state index in [1.165, 1.54) is 13.5 Å². The summed E-state index contributed by atoms with van der Waals surface area (Å²) in [5.74, 6) is 0.400. The van der Waals surface area contributed by atoms with Crippen LogP contribution in [0.5, 0.6) is 5.75 Å². The van der Waals surface area contributed by atoms with Gasteiger partial charge in [-0.05, 0) is 31.0 Å². The number of hydrogen-bond donors (Lipinski definition) is 1. The highest BCUT2D eigenvalue weighted by atomic mass is 79.9. The lowest BCUT2D eigenvalue weighted by Crippen LogP contribution is -2.42. The fourth-order valence-corrected chi connectivity index (χ4v) is 3.23. The summed E-state index contributed by atoms with van der Waals surface area (Å²) >= 11 is 9.53. The van der Waals surface area contributed by atoms with Crippen LogP contribution in [0.3, 0.4) is 0 Å². The van der Waals surface area contributed by atoms with Crippen LogP contribution in [0.4, 0.5) is 0 Å². The second kappa shape index (κ2) is 6.62. The van der Waals surface area contributed by atoms with Crippen molar-refractivity contribution in [1.29, 1.82) is 0 Å². The number of halogens is 2. The van der Waals surface area contributed by atoms with E-state index in [0.29, 0.717) is 21.2 Å². The summed E-state index contributed by atoms with van der Waals surface area (Å²) in [6.45, 7) is 0. The lowest BCUT2D eigenvalue weighted by Gasteiger charge is -2.28. The third-order valence-electron chi connectivity index (χ3n) is 3.41. The van der Waals surface area contributed by atoms with Gasteiger partial charge in [-0.15, -0.1) is 0 Å². The Kier molecular flexibility index (Phi) is 5.11. The van der Waals surface area contributed by atoms with Gasteiger partial charge in [-0.2, -0.15) is 0 Å². The third kappa shape index (κ3) is 3.63. The Labute approximate surface area is 126 Å².